The molecule has 0 aliphatic carbocycles. The molecule has 2 heterocycles. The molecule has 24 heavy (non-hydrogen) atoms. The van der Waals surface area contributed by atoms with Crippen molar-refractivity contribution in [2.45, 2.75) is 10.4 Å². The minimum absolute atomic E-state index is 0.293. The van der Waals surface area contributed by atoms with Gasteiger partial charge in [0, 0.05) is 25.4 Å². The Morgan fingerprint density at radius 3 is 2.42 bits per heavy atom. The summed E-state index contributed by atoms with van der Waals surface area (Å²) in [4.78, 5) is 22.1. The fourth-order valence-electron chi connectivity index (χ4n) is 2.44. The highest BCUT2D eigenvalue weighted by Gasteiger charge is 2.53. The van der Waals surface area contributed by atoms with E-state index in [-0.39, 0.29) is 9.21 Å². The number of halogens is 3. The Morgan fingerprint density at radius 2 is 2.04 bits per heavy atom. The third-order valence-electron chi connectivity index (χ3n) is 3.58. The van der Waals surface area contributed by atoms with E-state index in [9.17, 15) is 36.5 Å². The van der Waals surface area contributed by atoms with Gasteiger partial charge in [0.1, 0.15) is 4.21 Å². The van der Waals surface area contributed by atoms with Gasteiger partial charge in [-0.15, -0.1) is 0 Å². The predicted octanol–water partition coefficient (Wildman–Crippen LogP) is 1.76. The van der Waals surface area contributed by atoms with Gasteiger partial charge in [-0.25, -0.2) is 8.42 Å². The summed E-state index contributed by atoms with van der Waals surface area (Å²) in [7, 11) is -3.79. The molecular weight excluding hydrogens is 377 g/mol. The Balaban J connectivity index is 2.47. The monoisotopic (exact) mass is 388 g/mol. The van der Waals surface area contributed by atoms with Crippen LogP contribution < -0.4 is 4.90 Å². The summed E-state index contributed by atoms with van der Waals surface area (Å²) in [6, 6.07) is 0.770. The molecule has 2 atom stereocenters. The fraction of sp³-hybridized carbons (Fsp3) is 0.545. The summed E-state index contributed by atoms with van der Waals surface area (Å²) >= 11 is 0.454. The van der Waals surface area contributed by atoms with E-state index in [1.54, 1.807) is 0 Å². The van der Waals surface area contributed by atoms with Crippen molar-refractivity contribution in [1.29, 1.82) is 0 Å². The molecule has 1 aromatic rings. The van der Waals surface area contributed by atoms with Gasteiger partial charge in [-0.3, -0.25) is 14.9 Å². The van der Waals surface area contributed by atoms with Gasteiger partial charge in [-0.05, 0) is 0 Å². The number of thiophene rings is 1. The van der Waals surface area contributed by atoms with Crippen LogP contribution in [0, 0.1) is 22.0 Å². The summed E-state index contributed by atoms with van der Waals surface area (Å²) in [5.74, 6) is -5.64. The maximum atomic E-state index is 13.0. The van der Waals surface area contributed by atoms with Crippen LogP contribution in [0.25, 0.3) is 0 Å². The average molecular weight is 388 g/mol. The van der Waals surface area contributed by atoms with Crippen molar-refractivity contribution in [3.63, 3.8) is 0 Å². The quantitative estimate of drug-likeness (QED) is 0.617. The maximum Gasteiger partial charge on any atom is 0.394 e. The molecule has 0 aromatic carbocycles. The second kappa shape index (κ2) is 5.88. The van der Waals surface area contributed by atoms with Crippen molar-refractivity contribution in [1.82, 2.24) is 0 Å². The first-order chi connectivity index (χ1) is 10.8. The van der Waals surface area contributed by atoms with E-state index in [1.165, 1.54) is 0 Å². The Kier molecular flexibility index (Phi) is 4.52. The number of alkyl halides is 3. The van der Waals surface area contributed by atoms with Gasteiger partial charge in [-0.1, -0.05) is 11.3 Å². The first kappa shape index (κ1) is 18.4. The highest BCUT2D eigenvalue weighted by atomic mass is 32.2. The summed E-state index contributed by atoms with van der Waals surface area (Å²) in [5, 5.41) is 19.7. The van der Waals surface area contributed by atoms with Crippen molar-refractivity contribution < 1.29 is 36.4 Å². The molecule has 0 bridgehead atoms. The lowest BCUT2D eigenvalue weighted by Crippen LogP contribution is -2.33. The van der Waals surface area contributed by atoms with Gasteiger partial charge in [0.15, 0.2) is 14.8 Å². The number of hydrogen-bond acceptors (Lipinski definition) is 7. The third kappa shape index (κ3) is 3.45. The summed E-state index contributed by atoms with van der Waals surface area (Å²) in [5.41, 5.74) is -0.660. The molecule has 0 amide bonds. The van der Waals surface area contributed by atoms with Gasteiger partial charge < -0.3 is 10.0 Å². The van der Waals surface area contributed by atoms with Crippen molar-refractivity contribution in [3.05, 3.63) is 16.2 Å². The van der Waals surface area contributed by atoms with Crippen molar-refractivity contribution in [2.75, 3.05) is 24.2 Å². The summed E-state index contributed by atoms with van der Waals surface area (Å²) in [6.07, 6.45) is -3.97. The minimum Gasteiger partial charge on any atom is -0.481 e. The van der Waals surface area contributed by atoms with Crippen LogP contribution in [0.2, 0.25) is 0 Å². The van der Waals surface area contributed by atoms with E-state index in [0.717, 1.165) is 17.2 Å². The number of aliphatic carboxylic acids is 1. The van der Waals surface area contributed by atoms with E-state index in [4.69, 9.17) is 5.11 Å². The molecule has 1 aromatic heterocycles. The van der Waals surface area contributed by atoms with Crippen LogP contribution >= 0.6 is 11.3 Å². The van der Waals surface area contributed by atoms with E-state index in [1.807, 2.05) is 0 Å². The van der Waals surface area contributed by atoms with Gasteiger partial charge in [0.05, 0.1) is 16.8 Å². The van der Waals surface area contributed by atoms with Gasteiger partial charge in [-0.2, -0.15) is 13.2 Å². The molecule has 0 saturated carbocycles. The molecule has 0 unspecified atom stereocenters. The van der Waals surface area contributed by atoms with Gasteiger partial charge in [0.2, 0.25) is 0 Å². The average Bonchev–Trinajstić information content (AvgIpc) is 3.01. The molecule has 1 fully saturated rings. The largest absolute Gasteiger partial charge is 0.481 e. The second-order valence-electron chi connectivity index (χ2n) is 5.28. The Bertz CT molecular complexity index is 788. The van der Waals surface area contributed by atoms with Crippen LogP contribution in [0.5, 0.6) is 0 Å². The number of carboxylic acid groups (broad SMARTS) is 1. The maximum absolute atomic E-state index is 13.0. The number of carbonyl (C=O) groups is 1. The number of nitro groups is 1. The smallest absolute Gasteiger partial charge is 0.394 e. The molecule has 1 aliphatic rings. The van der Waals surface area contributed by atoms with E-state index in [2.05, 4.69) is 0 Å². The predicted molar refractivity (Wildman–Crippen MR) is 77.0 cm³/mol. The molecule has 1 aliphatic heterocycles. The molecule has 1 N–H and O–H groups in total. The zero-order valence-corrected chi connectivity index (χ0v) is 13.6. The zero-order chi connectivity index (χ0) is 18.4. The van der Waals surface area contributed by atoms with Gasteiger partial charge >= 0.3 is 17.8 Å². The third-order valence-corrected chi connectivity index (χ3v) is 6.56. The zero-order valence-electron chi connectivity index (χ0n) is 12.0. The number of nitrogens with zero attached hydrogens (tertiary/aromatic N) is 2. The van der Waals surface area contributed by atoms with E-state index < -0.39 is 57.5 Å². The molecule has 8 nitrogen and oxygen atoms in total. The first-order valence-electron chi connectivity index (χ1n) is 6.35. The van der Waals surface area contributed by atoms with E-state index in [0.29, 0.717) is 11.3 Å². The van der Waals surface area contributed by atoms with Crippen molar-refractivity contribution >= 4 is 37.8 Å². The molecule has 2 rings (SSSR count). The number of hydrogen-bond donors (Lipinski definition) is 1. The van der Waals surface area contributed by atoms with Crippen LogP contribution in [0.15, 0.2) is 10.3 Å². The summed E-state index contributed by atoms with van der Waals surface area (Å²) < 4.78 is 61.7. The SMILES string of the molecule is CS(=O)(=O)c1cc([N+](=O)[O-])c(N2C[C@@H](C(F)(F)F)[C@H](C(=O)O)C2)s1. The van der Waals surface area contributed by atoms with Crippen molar-refractivity contribution in [3.8, 4) is 0 Å². The Labute approximate surface area is 137 Å². The van der Waals surface area contributed by atoms with Crippen molar-refractivity contribution in [2.24, 2.45) is 11.8 Å². The number of carboxylic acids is 1. The molecule has 13 heteroatoms. The molecule has 134 valence electrons. The lowest BCUT2D eigenvalue weighted by atomic mass is 9.96. The number of anilines is 1. The molecule has 0 radical (unpaired) electrons. The lowest BCUT2D eigenvalue weighted by molar-refractivity contribution is -0.383. The van der Waals surface area contributed by atoms with Gasteiger partial charge in [0.25, 0.3) is 0 Å². The number of sulfone groups is 1. The van der Waals surface area contributed by atoms with Crippen LogP contribution in [-0.4, -0.2) is 49.9 Å². The molecular formula is C11H11F3N2O6S2. The van der Waals surface area contributed by atoms with Crippen LogP contribution in [0.3, 0.4) is 0 Å². The topological polar surface area (TPSA) is 118 Å². The summed E-state index contributed by atoms with van der Waals surface area (Å²) in [6.45, 7) is -1.38. The first-order valence-corrected chi connectivity index (χ1v) is 9.06. The minimum atomic E-state index is -4.79. The standard InChI is InChI=1S/C11H11F3N2O6S2/c1-24(21,22)8-2-7(16(19)20)9(23-8)15-3-5(10(17)18)6(4-15)11(12,13)14/h2,5-6H,3-4H2,1H3,(H,17,18)/t5-,6-/m1/s1. The highest BCUT2D eigenvalue weighted by Crippen LogP contribution is 2.45. The normalized spacial score (nSPS) is 21.9. The number of rotatable bonds is 4. The Morgan fingerprint density at radius 1 is 1.46 bits per heavy atom. The fourth-order valence-corrected chi connectivity index (χ4v) is 4.49. The van der Waals surface area contributed by atoms with E-state index >= 15 is 0 Å². The highest BCUT2D eigenvalue weighted by molar-refractivity contribution is 7.92. The lowest BCUT2D eigenvalue weighted by Gasteiger charge is -2.18. The second-order valence-corrected chi connectivity index (χ2v) is 8.56. The van der Waals surface area contributed by atoms with Crippen LogP contribution in [-0.2, 0) is 14.6 Å². The Hall–Kier alpha value is -1.89. The molecule has 0 spiro atoms. The van der Waals surface area contributed by atoms with Crippen LogP contribution in [0.4, 0.5) is 23.9 Å². The molecule has 1 saturated heterocycles. The van der Waals surface area contributed by atoms with Crippen LogP contribution in [0.1, 0.15) is 0 Å².